The molecule has 1 N–H and O–H groups in total. The molecule has 0 unspecified atom stereocenters. The largest absolute Gasteiger partial charge is 0.343 e. The van der Waals surface area contributed by atoms with Gasteiger partial charge >= 0.3 is 0 Å². The lowest BCUT2D eigenvalue weighted by Crippen LogP contribution is -1.97. The highest BCUT2D eigenvalue weighted by Gasteiger charge is 2.13. The van der Waals surface area contributed by atoms with Crippen molar-refractivity contribution >= 4 is 17.1 Å². The molecule has 0 fully saturated rings. The van der Waals surface area contributed by atoms with Crippen molar-refractivity contribution in [1.29, 1.82) is 0 Å². The van der Waals surface area contributed by atoms with Crippen LogP contribution >= 0.6 is 0 Å². The Morgan fingerprint density at radius 2 is 1.92 bits per heavy atom. The van der Waals surface area contributed by atoms with Crippen LogP contribution in [-0.2, 0) is 6.54 Å². The maximum atomic E-state index is 4.31. The molecule has 5 heteroatoms. The van der Waals surface area contributed by atoms with Crippen LogP contribution in [0.3, 0.4) is 0 Å². The average Bonchev–Trinajstić information content (AvgIpc) is 3.24. The average molecular weight is 315 g/mol. The van der Waals surface area contributed by atoms with Gasteiger partial charge in [0.1, 0.15) is 11.4 Å². The first-order valence-electron chi connectivity index (χ1n) is 7.82. The van der Waals surface area contributed by atoms with Crippen molar-refractivity contribution in [3.63, 3.8) is 0 Å². The second kappa shape index (κ2) is 6.12. The summed E-state index contributed by atoms with van der Waals surface area (Å²) in [7, 11) is 1.73. The van der Waals surface area contributed by atoms with Crippen molar-refractivity contribution in [3.05, 3.63) is 72.1 Å². The molecule has 0 aliphatic rings. The molecular formula is C19H17N5. The highest BCUT2D eigenvalue weighted by molar-refractivity contribution is 5.98. The van der Waals surface area contributed by atoms with E-state index in [9.17, 15) is 0 Å². The van der Waals surface area contributed by atoms with E-state index in [2.05, 4.69) is 79.7 Å². The lowest BCUT2D eigenvalue weighted by molar-refractivity contribution is 0.837. The lowest BCUT2D eigenvalue weighted by atomic mass is 10.1. The molecule has 2 aromatic carbocycles. The number of rotatable bonds is 4. The van der Waals surface area contributed by atoms with Crippen LogP contribution in [0.5, 0.6) is 0 Å². The quantitative estimate of drug-likeness (QED) is 0.586. The summed E-state index contributed by atoms with van der Waals surface area (Å²) < 4.78 is 2.25. The second-order valence-corrected chi connectivity index (χ2v) is 5.61. The van der Waals surface area contributed by atoms with Crippen LogP contribution in [0, 0.1) is 0 Å². The van der Waals surface area contributed by atoms with E-state index in [-0.39, 0.29) is 0 Å². The number of nitrogens with one attached hydrogen (secondary N) is 1. The van der Waals surface area contributed by atoms with Crippen molar-refractivity contribution in [3.8, 4) is 11.3 Å². The zero-order chi connectivity index (χ0) is 16.4. The molecule has 0 aliphatic carbocycles. The Balaban J connectivity index is 1.81. The third kappa shape index (κ3) is 2.50. The standard InChI is InChI=1S/C19H17N5/c1-20-12-17-19(22-23-21-17)16-8-5-9-18-15(16)10-11-24(18)13-14-6-3-2-4-7-14/h2-12H,13H2,1H3,(H,21,22,23). The van der Waals surface area contributed by atoms with E-state index >= 15 is 0 Å². The Kier molecular flexibility index (Phi) is 3.67. The number of hydrogen-bond acceptors (Lipinski definition) is 3. The van der Waals surface area contributed by atoms with Crippen LogP contribution in [0.4, 0.5) is 0 Å². The van der Waals surface area contributed by atoms with E-state index in [1.54, 1.807) is 13.3 Å². The van der Waals surface area contributed by atoms with Crippen molar-refractivity contribution in [2.24, 2.45) is 4.99 Å². The Morgan fingerprint density at radius 1 is 1.04 bits per heavy atom. The van der Waals surface area contributed by atoms with Crippen LogP contribution in [0.25, 0.3) is 22.2 Å². The lowest BCUT2D eigenvalue weighted by Gasteiger charge is -2.07. The SMILES string of the molecule is CN=Cc1n[nH]nc1-c1cccc2c1ccn2Cc1ccccc1. The maximum absolute atomic E-state index is 4.31. The van der Waals surface area contributed by atoms with Crippen molar-refractivity contribution in [1.82, 2.24) is 20.0 Å². The summed E-state index contributed by atoms with van der Waals surface area (Å²) in [6, 6.07) is 18.9. The molecule has 118 valence electrons. The highest BCUT2D eigenvalue weighted by atomic mass is 15.3. The Hall–Kier alpha value is -3.21. The second-order valence-electron chi connectivity index (χ2n) is 5.61. The molecule has 4 aromatic rings. The number of nitrogens with zero attached hydrogens (tertiary/aromatic N) is 4. The maximum Gasteiger partial charge on any atom is 0.131 e. The fraction of sp³-hybridized carbons (Fsp3) is 0.105. The Morgan fingerprint density at radius 3 is 2.75 bits per heavy atom. The van der Waals surface area contributed by atoms with Gasteiger partial charge in [0.25, 0.3) is 0 Å². The fourth-order valence-corrected chi connectivity index (χ4v) is 3.00. The number of hydrogen-bond donors (Lipinski definition) is 1. The summed E-state index contributed by atoms with van der Waals surface area (Å²) in [5.41, 5.74) is 5.09. The minimum absolute atomic E-state index is 0.751. The molecule has 5 nitrogen and oxygen atoms in total. The summed E-state index contributed by atoms with van der Waals surface area (Å²) in [6.45, 7) is 0.843. The van der Waals surface area contributed by atoms with Crippen LogP contribution in [0.15, 0.2) is 65.8 Å². The van der Waals surface area contributed by atoms with E-state index in [1.165, 1.54) is 11.1 Å². The monoisotopic (exact) mass is 315 g/mol. The van der Waals surface area contributed by atoms with Gasteiger partial charge in [0.2, 0.25) is 0 Å². The molecule has 0 radical (unpaired) electrons. The molecule has 0 spiro atoms. The normalized spacial score (nSPS) is 11.5. The van der Waals surface area contributed by atoms with Crippen molar-refractivity contribution < 1.29 is 0 Å². The predicted octanol–water partition coefficient (Wildman–Crippen LogP) is 3.52. The van der Waals surface area contributed by atoms with Gasteiger partial charge in [-0.2, -0.15) is 15.4 Å². The first kappa shape index (κ1) is 14.4. The van der Waals surface area contributed by atoms with Crippen LogP contribution < -0.4 is 0 Å². The molecule has 2 heterocycles. The van der Waals surface area contributed by atoms with Crippen LogP contribution in [0.2, 0.25) is 0 Å². The van der Waals surface area contributed by atoms with Gasteiger partial charge in [-0.05, 0) is 17.7 Å². The smallest absolute Gasteiger partial charge is 0.131 e. The fourth-order valence-electron chi connectivity index (χ4n) is 3.00. The number of aliphatic imine (C=N–C) groups is 1. The van der Waals surface area contributed by atoms with E-state index in [0.29, 0.717) is 0 Å². The van der Waals surface area contributed by atoms with Gasteiger partial charge in [0.15, 0.2) is 0 Å². The van der Waals surface area contributed by atoms with E-state index < -0.39 is 0 Å². The molecule has 0 aliphatic heterocycles. The van der Waals surface area contributed by atoms with Gasteiger partial charge in [0.05, 0.1) is 6.21 Å². The first-order valence-corrected chi connectivity index (χ1v) is 7.82. The molecule has 0 atom stereocenters. The zero-order valence-electron chi connectivity index (χ0n) is 13.3. The number of aromatic nitrogens is 4. The minimum Gasteiger partial charge on any atom is -0.343 e. The predicted molar refractivity (Wildman–Crippen MR) is 96.4 cm³/mol. The summed E-state index contributed by atoms with van der Waals surface area (Å²) in [6.07, 6.45) is 3.84. The third-order valence-electron chi connectivity index (χ3n) is 4.09. The highest BCUT2D eigenvalue weighted by Crippen LogP contribution is 2.29. The van der Waals surface area contributed by atoms with Gasteiger partial charge in [-0.1, -0.05) is 42.5 Å². The molecule has 0 saturated carbocycles. The molecule has 4 rings (SSSR count). The summed E-state index contributed by atoms with van der Waals surface area (Å²) in [5, 5.41) is 12.3. The molecule has 2 aromatic heterocycles. The summed E-state index contributed by atoms with van der Waals surface area (Å²) in [4.78, 5) is 4.05. The van der Waals surface area contributed by atoms with E-state index in [0.717, 1.165) is 28.9 Å². The number of H-pyrrole nitrogens is 1. The summed E-state index contributed by atoms with van der Waals surface area (Å²) in [5.74, 6) is 0. The number of fused-ring (bicyclic) bond motifs is 1. The minimum atomic E-state index is 0.751. The molecule has 0 saturated heterocycles. The van der Waals surface area contributed by atoms with Gasteiger partial charge in [0, 0.05) is 36.3 Å². The number of aromatic amines is 1. The summed E-state index contributed by atoms with van der Waals surface area (Å²) >= 11 is 0. The molecular weight excluding hydrogens is 298 g/mol. The van der Waals surface area contributed by atoms with Gasteiger partial charge in [-0.25, -0.2) is 0 Å². The van der Waals surface area contributed by atoms with E-state index in [4.69, 9.17) is 0 Å². The van der Waals surface area contributed by atoms with Crippen LogP contribution in [-0.4, -0.2) is 33.2 Å². The van der Waals surface area contributed by atoms with Crippen molar-refractivity contribution in [2.45, 2.75) is 6.54 Å². The Bertz CT molecular complexity index is 995. The number of benzene rings is 2. The molecule has 0 bridgehead atoms. The topological polar surface area (TPSA) is 58.9 Å². The van der Waals surface area contributed by atoms with Gasteiger partial charge in [-0.3, -0.25) is 4.99 Å². The first-order chi connectivity index (χ1) is 11.9. The third-order valence-corrected chi connectivity index (χ3v) is 4.09. The molecule has 0 amide bonds. The zero-order valence-corrected chi connectivity index (χ0v) is 13.3. The van der Waals surface area contributed by atoms with Gasteiger partial charge < -0.3 is 4.57 Å². The Labute approximate surface area is 139 Å². The van der Waals surface area contributed by atoms with Crippen LogP contribution in [0.1, 0.15) is 11.3 Å². The van der Waals surface area contributed by atoms with Crippen molar-refractivity contribution in [2.75, 3.05) is 7.05 Å². The van der Waals surface area contributed by atoms with E-state index in [1.807, 2.05) is 6.07 Å². The molecule has 24 heavy (non-hydrogen) atoms. The van der Waals surface area contributed by atoms with Gasteiger partial charge in [-0.15, -0.1) is 0 Å².